The number of nitrogens with one attached hydrogen (secondary N) is 1. The maximum absolute atomic E-state index is 12.2. The summed E-state index contributed by atoms with van der Waals surface area (Å²) < 4.78 is 29.5. The summed E-state index contributed by atoms with van der Waals surface area (Å²) in [7, 11) is -3.72. The van der Waals surface area contributed by atoms with E-state index in [4.69, 9.17) is 4.18 Å². The van der Waals surface area contributed by atoms with Crippen LogP contribution in [0.5, 0.6) is 0 Å². The van der Waals surface area contributed by atoms with Crippen LogP contribution in [-0.2, 0) is 14.3 Å². The van der Waals surface area contributed by atoms with E-state index >= 15 is 0 Å². The highest BCUT2D eigenvalue weighted by Crippen LogP contribution is 2.25. The van der Waals surface area contributed by atoms with E-state index in [-0.39, 0.29) is 10.8 Å². The van der Waals surface area contributed by atoms with E-state index in [2.05, 4.69) is 5.32 Å². The summed E-state index contributed by atoms with van der Waals surface area (Å²) in [5.41, 5.74) is 0.779. The van der Waals surface area contributed by atoms with Gasteiger partial charge in [-0.1, -0.05) is 39.0 Å². The quantitative estimate of drug-likeness (QED) is 0.638. The predicted molar refractivity (Wildman–Crippen MR) is 71.9 cm³/mol. The number of hydrogen-bond donors (Lipinski definition) is 1. The zero-order valence-corrected chi connectivity index (χ0v) is 12.1. The van der Waals surface area contributed by atoms with Crippen LogP contribution < -0.4 is 5.32 Å². The Labute approximate surface area is 109 Å². The van der Waals surface area contributed by atoms with Crippen LogP contribution in [0.15, 0.2) is 29.2 Å². The van der Waals surface area contributed by atoms with E-state index in [1.165, 1.54) is 0 Å². The predicted octanol–water partition coefficient (Wildman–Crippen LogP) is 2.47. The first-order valence-corrected chi connectivity index (χ1v) is 7.55. The molecule has 1 unspecified atom stereocenters. The highest BCUT2D eigenvalue weighted by atomic mass is 32.2. The summed E-state index contributed by atoms with van der Waals surface area (Å²) in [6.45, 7) is 8.15. The molecule has 1 rings (SSSR count). The molecule has 4 nitrogen and oxygen atoms in total. The van der Waals surface area contributed by atoms with Crippen molar-refractivity contribution in [1.29, 1.82) is 0 Å². The first-order chi connectivity index (χ1) is 8.38. The van der Waals surface area contributed by atoms with Crippen LogP contribution in [0.3, 0.4) is 0 Å². The average Bonchev–Trinajstić information content (AvgIpc) is 2.28. The fourth-order valence-corrected chi connectivity index (χ4v) is 3.14. The van der Waals surface area contributed by atoms with E-state index in [1.807, 2.05) is 32.9 Å². The van der Waals surface area contributed by atoms with Crippen molar-refractivity contribution < 1.29 is 12.6 Å². The van der Waals surface area contributed by atoms with E-state index in [0.29, 0.717) is 6.54 Å². The Balaban J connectivity index is 3.05. The molecule has 1 N–H and O–H groups in total. The summed E-state index contributed by atoms with van der Waals surface area (Å²) in [4.78, 5) is 0.254. The lowest BCUT2D eigenvalue weighted by Crippen LogP contribution is -2.31. The Morgan fingerprint density at radius 1 is 1.22 bits per heavy atom. The van der Waals surface area contributed by atoms with Crippen LogP contribution in [0, 0.1) is 0 Å². The van der Waals surface area contributed by atoms with Gasteiger partial charge in [-0.15, -0.1) is 0 Å². The van der Waals surface area contributed by atoms with Crippen molar-refractivity contribution in [2.45, 2.75) is 44.7 Å². The van der Waals surface area contributed by atoms with Gasteiger partial charge in [-0.2, -0.15) is 8.42 Å². The molecule has 1 aromatic rings. The summed E-state index contributed by atoms with van der Waals surface area (Å²) in [6, 6.07) is 6.95. The van der Waals surface area contributed by atoms with Gasteiger partial charge < -0.3 is 0 Å². The number of benzene rings is 1. The molecule has 0 amide bonds. The van der Waals surface area contributed by atoms with Gasteiger partial charge in [-0.3, -0.25) is 5.32 Å². The molecular formula is C13H21NO3S. The lowest BCUT2D eigenvalue weighted by atomic mass is 10.0. The van der Waals surface area contributed by atoms with Gasteiger partial charge in [0, 0.05) is 0 Å². The van der Waals surface area contributed by atoms with Crippen molar-refractivity contribution in [3.05, 3.63) is 29.8 Å². The summed E-state index contributed by atoms with van der Waals surface area (Å²) in [5, 5.41) is 2.92. The van der Waals surface area contributed by atoms with Gasteiger partial charge in [0.1, 0.15) is 6.23 Å². The largest absolute Gasteiger partial charge is 0.298 e. The van der Waals surface area contributed by atoms with Crippen molar-refractivity contribution in [3.8, 4) is 0 Å². The van der Waals surface area contributed by atoms with Crippen LogP contribution in [0.25, 0.3) is 0 Å². The Morgan fingerprint density at radius 3 is 2.39 bits per heavy atom. The third-order valence-electron chi connectivity index (χ3n) is 2.57. The fourth-order valence-electron chi connectivity index (χ4n) is 1.75. The molecule has 0 saturated carbocycles. The van der Waals surface area contributed by atoms with Crippen molar-refractivity contribution in [2.75, 3.05) is 6.54 Å². The molecule has 0 radical (unpaired) electrons. The van der Waals surface area contributed by atoms with Gasteiger partial charge in [0.05, 0.1) is 4.90 Å². The van der Waals surface area contributed by atoms with Crippen LogP contribution in [0.4, 0.5) is 0 Å². The standard InChI is InChI=1S/C13H21NO3S/c1-5-14-11(4)17-18(15,16)13-9-7-6-8-12(13)10(2)3/h6-11,14H,5H2,1-4H3. The molecule has 0 fully saturated rings. The SMILES string of the molecule is CCNC(C)OS(=O)(=O)c1ccccc1C(C)C. The zero-order valence-electron chi connectivity index (χ0n) is 11.3. The Kier molecular flexibility index (Phi) is 5.31. The van der Waals surface area contributed by atoms with Gasteiger partial charge in [-0.25, -0.2) is 4.18 Å². The first-order valence-electron chi connectivity index (χ1n) is 6.14. The minimum absolute atomic E-state index is 0.133. The van der Waals surface area contributed by atoms with E-state index in [9.17, 15) is 8.42 Å². The Morgan fingerprint density at radius 2 is 1.83 bits per heavy atom. The summed E-state index contributed by atoms with van der Waals surface area (Å²) in [6.07, 6.45) is -0.528. The minimum Gasteiger partial charge on any atom is -0.291 e. The normalized spacial score (nSPS) is 13.8. The molecule has 0 saturated heterocycles. The molecular weight excluding hydrogens is 250 g/mol. The summed E-state index contributed by atoms with van der Waals surface area (Å²) >= 11 is 0. The Bertz CT molecular complexity index is 483. The minimum atomic E-state index is -3.72. The Hall–Kier alpha value is -0.910. The summed E-state index contributed by atoms with van der Waals surface area (Å²) in [5.74, 6) is 0.133. The molecule has 0 aromatic heterocycles. The molecule has 0 heterocycles. The van der Waals surface area contributed by atoms with Gasteiger partial charge in [0.25, 0.3) is 10.1 Å². The van der Waals surface area contributed by atoms with Crippen LogP contribution in [-0.4, -0.2) is 21.2 Å². The highest BCUT2D eigenvalue weighted by Gasteiger charge is 2.22. The average molecular weight is 271 g/mol. The van der Waals surface area contributed by atoms with E-state index < -0.39 is 16.3 Å². The van der Waals surface area contributed by atoms with Gasteiger partial charge in [0.15, 0.2) is 0 Å². The second-order valence-corrected chi connectivity index (χ2v) is 5.98. The molecule has 1 aromatic carbocycles. The molecule has 0 aliphatic carbocycles. The number of hydrogen-bond acceptors (Lipinski definition) is 4. The lowest BCUT2D eigenvalue weighted by molar-refractivity contribution is 0.193. The molecule has 0 aliphatic rings. The van der Waals surface area contributed by atoms with Crippen molar-refractivity contribution in [2.24, 2.45) is 0 Å². The van der Waals surface area contributed by atoms with Crippen molar-refractivity contribution in [1.82, 2.24) is 5.32 Å². The van der Waals surface area contributed by atoms with Crippen LogP contribution in [0.1, 0.15) is 39.2 Å². The highest BCUT2D eigenvalue weighted by molar-refractivity contribution is 7.86. The molecule has 5 heteroatoms. The molecule has 0 aliphatic heterocycles. The third-order valence-corrected chi connectivity index (χ3v) is 4.03. The second-order valence-electron chi connectivity index (χ2n) is 4.44. The topological polar surface area (TPSA) is 55.4 Å². The van der Waals surface area contributed by atoms with Crippen LogP contribution in [0.2, 0.25) is 0 Å². The smallest absolute Gasteiger partial charge is 0.291 e. The fraction of sp³-hybridized carbons (Fsp3) is 0.538. The van der Waals surface area contributed by atoms with E-state index in [1.54, 1.807) is 19.1 Å². The van der Waals surface area contributed by atoms with E-state index in [0.717, 1.165) is 5.56 Å². The maximum atomic E-state index is 12.2. The first kappa shape index (κ1) is 15.1. The van der Waals surface area contributed by atoms with Crippen LogP contribution >= 0.6 is 0 Å². The lowest BCUT2D eigenvalue weighted by Gasteiger charge is -2.16. The second kappa shape index (κ2) is 6.31. The van der Waals surface area contributed by atoms with Crippen molar-refractivity contribution >= 4 is 10.1 Å². The molecule has 18 heavy (non-hydrogen) atoms. The molecule has 0 bridgehead atoms. The zero-order chi connectivity index (χ0) is 13.8. The van der Waals surface area contributed by atoms with Gasteiger partial charge in [-0.05, 0) is 31.0 Å². The molecule has 102 valence electrons. The number of rotatable bonds is 6. The monoisotopic (exact) mass is 271 g/mol. The molecule has 1 atom stereocenters. The van der Waals surface area contributed by atoms with Gasteiger partial charge >= 0.3 is 0 Å². The maximum Gasteiger partial charge on any atom is 0.298 e. The third kappa shape index (κ3) is 3.80. The van der Waals surface area contributed by atoms with Crippen molar-refractivity contribution in [3.63, 3.8) is 0 Å². The van der Waals surface area contributed by atoms with Gasteiger partial charge in [0.2, 0.25) is 0 Å². The molecule has 0 spiro atoms.